The Morgan fingerprint density at radius 1 is 1.16 bits per heavy atom. The molecule has 3 atom stereocenters. The van der Waals surface area contributed by atoms with Gasteiger partial charge in [-0.25, -0.2) is 4.98 Å². The summed E-state index contributed by atoms with van der Waals surface area (Å²) in [6, 6.07) is 5.97. The molecule has 2 heterocycles. The molecule has 1 aromatic heterocycles. The Labute approximate surface area is 192 Å². The molecule has 2 fully saturated rings. The molecule has 174 valence electrons. The molecule has 6 heteroatoms. The van der Waals surface area contributed by atoms with Crippen LogP contribution in [-0.4, -0.2) is 54.4 Å². The lowest BCUT2D eigenvalue weighted by atomic mass is 9.69. The summed E-state index contributed by atoms with van der Waals surface area (Å²) in [4.78, 5) is 33.9. The molecule has 2 aliphatic carbocycles. The maximum atomic E-state index is 13.1. The number of piperazine rings is 1. The Balaban J connectivity index is 1.31. The van der Waals surface area contributed by atoms with E-state index >= 15 is 0 Å². The van der Waals surface area contributed by atoms with Crippen LogP contribution in [0.2, 0.25) is 0 Å². The van der Waals surface area contributed by atoms with Gasteiger partial charge in [-0.2, -0.15) is 0 Å². The molecule has 6 nitrogen and oxygen atoms in total. The van der Waals surface area contributed by atoms with Gasteiger partial charge in [0.2, 0.25) is 11.8 Å². The topological polar surface area (TPSA) is 65.5 Å². The van der Waals surface area contributed by atoms with Crippen LogP contribution in [0.4, 0.5) is 5.82 Å². The molecule has 1 aromatic rings. The van der Waals surface area contributed by atoms with E-state index in [1.54, 1.807) is 0 Å². The van der Waals surface area contributed by atoms with Crippen LogP contribution in [0.25, 0.3) is 0 Å². The van der Waals surface area contributed by atoms with Crippen LogP contribution in [0.1, 0.15) is 46.5 Å². The number of hydrogen-bond acceptors (Lipinski definition) is 4. The summed E-state index contributed by atoms with van der Waals surface area (Å²) in [7, 11) is 0. The van der Waals surface area contributed by atoms with Crippen LogP contribution in [0.3, 0.4) is 0 Å². The summed E-state index contributed by atoms with van der Waals surface area (Å²) >= 11 is 0. The molecule has 0 aromatic carbocycles. The number of carbonyl (C=O) groups is 2. The molecule has 1 saturated heterocycles. The van der Waals surface area contributed by atoms with E-state index in [1.165, 1.54) is 5.57 Å². The number of amides is 2. The summed E-state index contributed by atoms with van der Waals surface area (Å²) in [6.07, 6.45) is 7.87. The highest BCUT2D eigenvalue weighted by Crippen LogP contribution is 2.39. The lowest BCUT2D eigenvalue weighted by molar-refractivity contribution is -0.132. The van der Waals surface area contributed by atoms with E-state index in [9.17, 15) is 9.59 Å². The molecule has 1 saturated carbocycles. The quantitative estimate of drug-likeness (QED) is 0.662. The smallest absolute Gasteiger partial charge is 0.223 e. The van der Waals surface area contributed by atoms with Crippen molar-refractivity contribution < 1.29 is 9.59 Å². The number of aromatic nitrogens is 1. The highest BCUT2D eigenvalue weighted by Gasteiger charge is 2.35. The zero-order chi connectivity index (χ0) is 22.7. The van der Waals surface area contributed by atoms with Gasteiger partial charge in [-0.15, -0.1) is 0 Å². The van der Waals surface area contributed by atoms with Crippen LogP contribution in [0.15, 0.2) is 36.0 Å². The van der Waals surface area contributed by atoms with Crippen molar-refractivity contribution in [3.05, 3.63) is 36.0 Å². The van der Waals surface area contributed by atoms with E-state index in [0.29, 0.717) is 30.1 Å². The molecule has 4 rings (SSSR count). The lowest BCUT2D eigenvalue weighted by Crippen LogP contribution is -2.49. The van der Waals surface area contributed by atoms with Crippen LogP contribution in [0.5, 0.6) is 0 Å². The molecule has 3 unspecified atom stereocenters. The number of rotatable bonds is 7. The zero-order valence-electron chi connectivity index (χ0n) is 19.8. The minimum Gasteiger partial charge on any atom is -0.355 e. The molecular weight excluding hydrogens is 400 g/mol. The number of pyridine rings is 1. The molecule has 3 aliphatic rings. The average Bonchev–Trinajstić information content (AvgIpc) is 3.65. The Bertz CT molecular complexity index is 825. The summed E-state index contributed by atoms with van der Waals surface area (Å²) in [6.45, 7) is 10.6. The van der Waals surface area contributed by atoms with Crippen molar-refractivity contribution >= 4 is 17.6 Å². The Hall–Kier alpha value is -2.37. The molecule has 0 radical (unpaired) electrons. The first kappa shape index (κ1) is 22.8. The molecular formula is C26H38N4O2. The van der Waals surface area contributed by atoms with E-state index in [2.05, 4.69) is 42.0 Å². The summed E-state index contributed by atoms with van der Waals surface area (Å²) in [5, 5.41) is 3.18. The maximum Gasteiger partial charge on any atom is 0.223 e. The number of allylic oxidation sites excluding steroid dienone is 1. The number of nitrogens with one attached hydrogen (secondary N) is 1. The molecule has 32 heavy (non-hydrogen) atoms. The van der Waals surface area contributed by atoms with Crippen LogP contribution < -0.4 is 10.2 Å². The third-order valence-electron chi connectivity index (χ3n) is 7.57. The summed E-state index contributed by atoms with van der Waals surface area (Å²) < 4.78 is 0. The monoisotopic (exact) mass is 438 g/mol. The van der Waals surface area contributed by atoms with Gasteiger partial charge in [0.15, 0.2) is 0 Å². The van der Waals surface area contributed by atoms with Gasteiger partial charge >= 0.3 is 0 Å². The van der Waals surface area contributed by atoms with Gasteiger partial charge in [0.25, 0.3) is 0 Å². The van der Waals surface area contributed by atoms with E-state index in [4.69, 9.17) is 0 Å². The van der Waals surface area contributed by atoms with Crippen molar-refractivity contribution in [3.63, 3.8) is 0 Å². The van der Waals surface area contributed by atoms with Crippen molar-refractivity contribution in [2.75, 3.05) is 37.6 Å². The van der Waals surface area contributed by atoms with Gasteiger partial charge in [-0.3, -0.25) is 9.59 Å². The predicted molar refractivity (Wildman–Crippen MR) is 127 cm³/mol. The standard InChI is InChI=1S/C26H38N4O2/c1-18(2)23-15-21(19(3)14-22(23)17-28-26(32)20-7-8-20)16-25(31)30-12-10-29(11-13-30)24-6-4-5-9-27-24/h4-6,9,14,18,20-23H,7-8,10-13,15-17H2,1-3H3,(H,28,32). The van der Waals surface area contributed by atoms with Gasteiger partial charge in [0.05, 0.1) is 0 Å². The number of carbonyl (C=O) groups excluding carboxylic acids is 2. The van der Waals surface area contributed by atoms with Crippen molar-refractivity contribution in [1.82, 2.24) is 15.2 Å². The maximum absolute atomic E-state index is 13.1. The number of hydrogen-bond donors (Lipinski definition) is 1. The third-order valence-corrected chi connectivity index (χ3v) is 7.57. The van der Waals surface area contributed by atoms with Gasteiger partial charge in [0, 0.05) is 51.3 Å². The number of anilines is 1. The van der Waals surface area contributed by atoms with Gasteiger partial charge in [-0.1, -0.05) is 31.6 Å². The van der Waals surface area contributed by atoms with Crippen molar-refractivity contribution in [3.8, 4) is 0 Å². The Morgan fingerprint density at radius 3 is 2.53 bits per heavy atom. The molecule has 0 spiro atoms. The Morgan fingerprint density at radius 2 is 1.91 bits per heavy atom. The van der Waals surface area contributed by atoms with Crippen molar-refractivity contribution in [2.24, 2.45) is 29.6 Å². The first-order valence-electron chi connectivity index (χ1n) is 12.3. The second-order valence-electron chi connectivity index (χ2n) is 10.2. The number of nitrogens with zero attached hydrogens (tertiary/aromatic N) is 3. The van der Waals surface area contributed by atoms with Crippen molar-refractivity contribution in [2.45, 2.75) is 46.5 Å². The van der Waals surface area contributed by atoms with Gasteiger partial charge in [0.1, 0.15) is 5.82 Å². The fourth-order valence-corrected chi connectivity index (χ4v) is 5.28. The lowest BCUT2D eigenvalue weighted by Gasteiger charge is -2.39. The van der Waals surface area contributed by atoms with Crippen LogP contribution in [0, 0.1) is 29.6 Å². The fraction of sp³-hybridized carbons (Fsp3) is 0.654. The minimum atomic E-state index is 0.223. The van der Waals surface area contributed by atoms with Gasteiger partial charge < -0.3 is 15.1 Å². The summed E-state index contributed by atoms with van der Waals surface area (Å²) in [5.41, 5.74) is 1.31. The second-order valence-corrected chi connectivity index (χ2v) is 10.2. The third kappa shape index (κ3) is 5.51. The Kier molecular flexibility index (Phi) is 7.17. The fourth-order valence-electron chi connectivity index (χ4n) is 5.28. The predicted octanol–water partition coefficient (Wildman–Crippen LogP) is 3.50. The minimum absolute atomic E-state index is 0.223. The van der Waals surface area contributed by atoms with Crippen LogP contribution in [-0.2, 0) is 9.59 Å². The van der Waals surface area contributed by atoms with E-state index in [1.807, 2.05) is 29.3 Å². The molecule has 2 amide bonds. The largest absolute Gasteiger partial charge is 0.355 e. The average molecular weight is 439 g/mol. The first-order valence-corrected chi connectivity index (χ1v) is 12.3. The van der Waals surface area contributed by atoms with E-state index in [0.717, 1.165) is 57.8 Å². The first-order chi connectivity index (χ1) is 15.4. The molecule has 1 N–H and O–H groups in total. The highest BCUT2D eigenvalue weighted by atomic mass is 16.2. The second kappa shape index (κ2) is 10.1. The van der Waals surface area contributed by atoms with Gasteiger partial charge in [-0.05, 0) is 62.0 Å². The molecule has 1 aliphatic heterocycles. The summed E-state index contributed by atoms with van der Waals surface area (Å²) in [5.74, 6) is 3.44. The highest BCUT2D eigenvalue weighted by molar-refractivity contribution is 5.80. The SMILES string of the molecule is CC1=CC(CNC(=O)C2CC2)C(C(C)C)CC1CC(=O)N1CCN(c2ccccn2)CC1. The van der Waals surface area contributed by atoms with Crippen LogP contribution >= 0.6 is 0 Å². The normalized spacial score (nSPS) is 26.1. The molecule has 0 bridgehead atoms. The van der Waals surface area contributed by atoms with Crippen molar-refractivity contribution in [1.29, 1.82) is 0 Å². The zero-order valence-corrected chi connectivity index (χ0v) is 19.8. The van der Waals surface area contributed by atoms with E-state index in [-0.39, 0.29) is 17.7 Å². The van der Waals surface area contributed by atoms with E-state index < -0.39 is 0 Å².